The van der Waals surface area contributed by atoms with E-state index in [9.17, 15) is 4.79 Å². The number of carbonyl (C=O) groups is 1. The quantitative estimate of drug-likeness (QED) is 0.710. The van der Waals surface area contributed by atoms with Gasteiger partial charge in [0.2, 0.25) is 0 Å². The van der Waals surface area contributed by atoms with Crippen LogP contribution in [0, 0.1) is 0 Å². The molecule has 122 valence electrons. The summed E-state index contributed by atoms with van der Waals surface area (Å²) >= 11 is 5.84. The lowest BCUT2D eigenvalue weighted by atomic mass is 10.2. The van der Waals surface area contributed by atoms with Crippen LogP contribution in [0.3, 0.4) is 0 Å². The van der Waals surface area contributed by atoms with Crippen LogP contribution >= 0.6 is 11.6 Å². The number of halogens is 1. The van der Waals surface area contributed by atoms with E-state index < -0.39 is 6.10 Å². The second kappa shape index (κ2) is 8.44. The van der Waals surface area contributed by atoms with Crippen LogP contribution in [0.5, 0.6) is 11.5 Å². The minimum atomic E-state index is -0.643. The van der Waals surface area contributed by atoms with E-state index in [1.54, 1.807) is 38.1 Å². The first-order chi connectivity index (χ1) is 11.1. The zero-order valence-electron chi connectivity index (χ0n) is 13.1. The van der Waals surface area contributed by atoms with Crippen LogP contribution in [0.2, 0.25) is 5.02 Å². The maximum Gasteiger partial charge on any atom is 0.347 e. The molecule has 0 aliphatic carbocycles. The van der Waals surface area contributed by atoms with Crippen molar-refractivity contribution < 1.29 is 19.0 Å². The van der Waals surface area contributed by atoms with Crippen LogP contribution < -0.4 is 9.47 Å². The molecule has 0 fully saturated rings. The highest BCUT2D eigenvalue weighted by atomic mass is 35.5. The first kappa shape index (κ1) is 17.2. The second-order valence-electron chi connectivity index (χ2n) is 4.90. The summed E-state index contributed by atoms with van der Waals surface area (Å²) in [6.45, 7) is 4.21. The van der Waals surface area contributed by atoms with Crippen LogP contribution in [0.4, 0.5) is 0 Å². The molecule has 2 aromatic carbocycles. The van der Waals surface area contributed by atoms with E-state index in [2.05, 4.69) is 0 Å². The lowest BCUT2D eigenvalue weighted by Gasteiger charge is -2.13. The first-order valence-electron chi connectivity index (χ1n) is 7.39. The summed E-state index contributed by atoms with van der Waals surface area (Å²) < 4.78 is 16.1. The maximum absolute atomic E-state index is 11.5. The standard InChI is InChI=1S/C18H19ClO4/c1-3-21-18(20)13(2)23-17-10-8-16(9-11-17)22-12-14-4-6-15(19)7-5-14/h4-11,13H,3,12H2,1-2H3. The molecule has 1 atom stereocenters. The van der Waals surface area contributed by atoms with Crippen LogP contribution in [-0.4, -0.2) is 18.7 Å². The van der Waals surface area contributed by atoms with Gasteiger partial charge in [-0.2, -0.15) is 0 Å². The van der Waals surface area contributed by atoms with Crippen molar-refractivity contribution in [2.45, 2.75) is 26.6 Å². The Morgan fingerprint density at radius 2 is 1.65 bits per heavy atom. The molecular formula is C18H19ClO4. The predicted octanol–water partition coefficient (Wildman–Crippen LogP) is 4.25. The van der Waals surface area contributed by atoms with Crippen LogP contribution in [0.1, 0.15) is 19.4 Å². The number of hydrogen-bond acceptors (Lipinski definition) is 4. The molecule has 0 heterocycles. The van der Waals surface area contributed by atoms with Crippen molar-refractivity contribution in [1.29, 1.82) is 0 Å². The van der Waals surface area contributed by atoms with Crippen molar-refractivity contribution >= 4 is 17.6 Å². The summed E-state index contributed by atoms with van der Waals surface area (Å²) in [5.74, 6) is 0.927. The smallest absolute Gasteiger partial charge is 0.347 e. The number of ether oxygens (including phenoxy) is 3. The third-order valence-electron chi connectivity index (χ3n) is 3.07. The molecule has 2 aromatic rings. The Hall–Kier alpha value is -2.20. The van der Waals surface area contributed by atoms with Crippen LogP contribution in [0.15, 0.2) is 48.5 Å². The molecule has 0 spiro atoms. The molecule has 0 radical (unpaired) electrons. The Labute approximate surface area is 140 Å². The third-order valence-corrected chi connectivity index (χ3v) is 3.33. The second-order valence-corrected chi connectivity index (χ2v) is 5.34. The minimum absolute atomic E-state index is 0.337. The molecular weight excluding hydrogens is 316 g/mol. The van der Waals surface area contributed by atoms with Gasteiger partial charge < -0.3 is 14.2 Å². The molecule has 0 N–H and O–H groups in total. The maximum atomic E-state index is 11.5. The molecule has 0 bridgehead atoms. The van der Waals surface area contributed by atoms with Gasteiger partial charge in [-0.25, -0.2) is 4.79 Å². The van der Waals surface area contributed by atoms with E-state index in [0.717, 1.165) is 11.3 Å². The fraction of sp³-hybridized carbons (Fsp3) is 0.278. The molecule has 2 rings (SSSR count). The van der Waals surface area contributed by atoms with Gasteiger partial charge in [0.05, 0.1) is 6.61 Å². The number of benzene rings is 2. The van der Waals surface area contributed by atoms with Crippen molar-refractivity contribution in [1.82, 2.24) is 0 Å². The monoisotopic (exact) mass is 334 g/mol. The number of carbonyl (C=O) groups excluding carboxylic acids is 1. The molecule has 0 aromatic heterocycles. The van der Waals surface area contributed by atoms with Crippen molar-refractivity contribution in [3.05, 3.63) is 59.1 Å². The van der Waals surface area contributed by atoms with Gasteiger partial charge in [-0.15, -0.1) is 0 Å². The topological polar surface area (TPSA) is 44.8 Å². The normalized spacial score (nSPS) is 11.6. The molecule has 0 saturated heterocycles. The Morgan fingerprint density at radius 3 is 2.26 bits per heavy atom. The van der Waals surface area contributed by atoms with Gasteiger partial charge in [0, 0.05) is 5.02 Å². The highest BCUT2D eigenvalue weighted by Gasteiger charge is 2.15. The van der Waals surface area contributed by atoms with Crippen molar-refractivity contribution in [3.8, 4) is 11.5 Å². The number of hydrogen-bond donors (Lipinski definition) is 0. The Kier molecular flexibility index (Phi) is 6.29. The van der Waals surface area contributed by atoms with E-state index in [1.165, 1.54) is 0 Å². The molecule has 0 saturated carbocycles. The summed E-state index contributed by atoms with van der Waals surface area (Å²) in [6, 6.07) is 14.6. The minimum Gasteiger partial charge on any atom is -0.489 e. The molecule has 23 heavy (non-hydrogen) atoms. The molecule has 1 unspecified atom stereocenters. The molecule has 5 heteroatoms. The summed E-state index contributed by atoms with van der Waals surface area (Å²) in [6.07, 6.45) is -0.643. The average Bonchev–Trinajstić information content (AvgIpc) is 2.56. The summed E-state index contributed by atoms with van der Waals surface area (Å²) in [5, 5.41) is 0.700. The first-order valence-corrected chi connectivity index (χ1v) is 7.77. The zero-order chi connectivity index (χ0) is 16.7. The van der Waals surface area contributed by atoms with Gasteiger partial charge in [0.25, 0.3) is 0 Å². The van der Waals surface area contributed by atoms with E-state index in [4.69, 9.17) is 25.8 Å². The predicted molar refractivity (Wildman–Crippen MR) is 88.9 cm³/mol. The molecule has 0 aliphatic heterocycles. The van der Waals surface area contributed by atoms with Gasteiger partial charge in [-0.05, 0) is 55.8 Å². The van der Waals surface area contributed by atoms with E-state index >= 15 is 0 Å². The highest BCUT2D eigenvalue weighted by molar-refractivity contribution is 6.30. The van der Waals surface area contributed by atoms with E-state index in [1.807, 2.05) is 24.3 Å². The van der Waals surface area contributed by atoms with Gasteiger partial charge in [-0.1, -0.05) is 23.7 Å². The molecule has 0 amide bonds. The Bertz CT molecular complexity index is 622. The summed E-state index contributed by atoms with van der Waals surface area (Å²) in [4.78, 5) is 11.5. The van der Waals surface area contributed by atoms with E-state index in [-0.39, 0.29) is 5.97 Å². The Balaban J connectivity index is 1.86. The number of esters is 1. The molecule has 0 aliphatic rings. The van der Waals surface area contributed by atoms with Crippen LogP contribution in [0.25, 0.3) is 0 Å². The van der Waals surface area contributed by atoms with Gasteiger partial charge in [0.1, 0.15) is 18.1 Å². The van der Waals surface area contributed by atoms with Crippen molar-refractivity contribution in [2.75, 3.05) is 6.61 Å². The summed E-state index contributed by atoms with van der Waals surface area (Å²) in [7, 11) is 0. The van der Waals surface area contributed by atoms with Crippen molar-refractivity contribution in [2.24, 2.45) is 0 Å². The fourth-order valence-electron chi connectivity index (χ4n) is 1.87. The van der Waals surface area contributed by atoms with E-state index in [0.29, 0.717) is 24.0 Å². The zero-order valence-corrected chi connectivity index (χ0v) is 13.9. The fourth-order valence-corrected chi connectivity index (χ4v) is 2.00. The van der Waals surface area contributed by atoms with Gasteiger partial charge in [0.15, 0.2) is 6.10 Å². The van der Waals surface area contributed by atoms with Gasteiger partial charge in [-0.3, -0.25) is 0 Å². The Morgan fingerprint density at radius 1 is 1.04 bits per heavy atom. The van der Waals surface area contributed by atoms with Crippen LogP contribution in [-0.2, 0) is 16.1 Å². The summed E-state index contributed by atoms with van der Waals surface area (Å²) in [5.41, 5.74) is 1.03. The lowest BCUT2D eigenvalue weighted by molar-refractivity contribution is -0.150. The largest absolute Gasteiger partial charge is 0.489 e. The number of rotatable bonds is 7. The van der Waals surface area contributed by atoms with Gasteiger partial charge >= 0.3 is 5.97 Å². The third kappa shape index (κ3) is 5.49. The highest BCUT2D eigenvalue weighted by Crippen LogP contribution is 2.20. The lowest BCUT2D eigenvalue weighted by Crippen LogP contribution is -2.25. The van der Waals surface area contributed by atoms with Crippen molar-refractivity contribution in [3.63, 3.8) is 0 Å². The average molecular weight is 335 g/mol. The SMILES string of the molecule is CCOC(=O)C(C)Oc1ccc(OCc2ccc(Cl)cc2)cc1. The molecule has 4 nitrogen and oxygen atoms in total.